The van der Waals surface area contributed by atoms with E-state index in [1.165, 1.54) is 17.4 Å². The van der Waals surface area contributed by atoms with Gasteiger partial charge in [-0.15, -0.1) is 11.3 Å². The largest absolute Gasteiger partial charge is 0.331 e. The lowest BCUT2D eigenvalue weighted by molar-refractivity contribution is -0.115. The number of anilines is 1. The zero-order valence-corrected chi connectivity index (χ0v) is 21.2. The molecule has 0 saturated carbocycles. The van der Waals surface area contributed by atoms with Crippen molar-refractivity contribution in [2.45, 2.75) is 0 Å². The van der Waals surface area contributed by atoms with Gasteiger partial charge in [0.05, 0.1) is 25.9 Å². The molecular formula is C23H13Cl4N3OS2. The minimum Gasteiger partial charge on any atom is -0.331 e. The van der Waals surface area contributed by atoms with E-state index in [1.807, 2.05) is 24.3 Å². The van der Waals surface area contributed by atoms with Crippen molar-refractivity contribution in [2.75, 3.05) is 5.32 Å². The van der Waals surface area contributed by atoms with Crippen molar-refractivity contribution in [3.63, 3.8) is 0 Å². The molecule has 33 heavy (non-hydrogen) atoms. The van der Waals surface area contributed by atoms with Gasteiger partial charge in [-0.2, -0.15) is 0 Å². The highest BCUT2D eigenvalue weighted by molar-refractivity contribution is 7.80. The van der Waals surface area contributed by atoms with Gasteiger partial charge in [0.2, 0.25) is 5.91 Å². The minimum atomic E-state index is -0.435. The number of rotatable bonds is 4. The molecule has 166 valence electrons. The Morgan fingerprint density at radius 3 is 2.52 bits per heavy atom. The Kier molecular flexibility index (Phi) is 7.54. The fourth-order valence-corrected chi connectivity index (χ4v) is 5.16. The number of halogens is 4. The fraction of sp³-hybridized carbons (Fsp3) is 0. The monoisotopic (exact) mass is 551 g/mol. The van der Waals surface area contributed by atoms with Crippen molar-refractivity contribution >= 4 is 103 Å². The van der Waals surface area contributed by atoms with Crippen LogP contribution in [0.3, 0.4) is 0 Å². The summed E-state index contributed by atoms with van der Waals surface area (Å²) < 4.78 is 1.04. The van der Waals surface area contributed by atoms with E-state index >= 15 is 0 Å². The Labute approximate surface area is 219 Å². The number of thiazole rings is 1. The number of hydrogen-bond donors (Lipinski definition) is 2. The number of carbonyl (C=O) groups excluding carboxylic acids is 1. The molecule has 4 aromatic rings. The topological polar surface area (TPSA) is 54.0 Å². The second-order valence-corrected chi connectivity index (χ2v) is 9.84. The van der Waals surface area contributed by atoms with Crippen LogP contribution in [0.4, 0.5) is 5.69 Å². The zero-order chi connectivity index (χ0) is 23.5. The van der Waals surface area contributed by atoms with Gasteiger partial charge in [0.25, 0.3) is 0 Å². The number of nitrogens with zero attached hydrogens (tertiary/aromatic N) is 1. The van der Waals surface area contributed by atoms with Crippen LogP contribution in [-0.4, -0.2) is 16.0 Å². The summed E-state index contributed by atoms with van der Waals surface area (Å²) >= 11 is 31.6. The van der Waals surface area contributed by atoms with Crippen molar-refractivity contribution < 1.29 is 4.79 Å². The van der Waals surface area contributed by atoms with Crippen molar-refractivity contribution in [2.24, 2.45) is 0 Å². The molecule has 4 nitrogen and oxygen atoms in total. The molecule has 3 aromatic carbocycles. The average molecular weight is 553 g/mol. The summed E-state index contributed by atoms with van der Waals surface area (Å²) in [5.74, 6) is -0.435. The van der Waals surface area contributed by atoms with E-state index in [9.17, 15) is 4.79 Å². The van der Waals surface area contributed by atoms with Crippen molar-refractivity contribution in [1.82, 2.24) is 10.3 Å². The molecule has 0 fully saturated rings. The van der Waals surface area contributed by atoms with E-state index < -0.39 is 5.91 Å². The summed E-state index contributed by atoms with van der Waals surface area (Å²) in [7, 11) is 0. The first kappa shape index (κ1) is 24.0. The molecule has 1 aromatic heterocycles. The van der Waals surface area contributed by atoms with Gasteiger partial charge >= 0.3 is 0 Å². The van der Waals surface area contributed by atoms with Crippen LogP contribution in [0.2, 0.25) is 20.1 Å². The van der Waals surface area contributed by atoms with Crippen molar-refractivity contribution in [3.8, 4) is 10.6 Å². The van der Waals surface area contributed by atoms with Crippen LogP contribution in [0.25, 0.3) is 26.9 Å². The van der Waals surface area contributed by atoms with E-state index in [-0.39, 0.29) is 5.11 Å². The van der Waals surface area contributed by atoms with E-state index in [0.717, 1.165) is 15.2 Å². The number of aromatic nitrogens is 1. The maximum absolute atomic E-state index is 12.3. The van der Waals surface area contributed by atoms with Crippen LogP contribution in [-0.2, 0) is 4.79 Å². The van der Waals surface area contributed by atoms with Gasteiger partial charge in [0, 0.05) is 21.7 Å². The van der Waals surface area contributed by atoms with E-state index in [2.05, 4.69) is 15.6 Å². The number of nitrogens with one attached hydrogen (secondary N) is 2. The molecule has 0 bridgehead atoms. The minimum absolute atomic E-state index is 0.0753. The van der Waals surface area contributed by atoms with Crippen LogP contribution in [0.15, 0.2) is 60.7 Å². The Balaban J connectivity index is 1.49. The molecule has 0 radical (unpaired) electrons. The fourth-order valence-electron chi connectivity index (χ4n) is 2.91. The predicted molar refractivity (Wildman–Crippen MR) is 145 cm³/mol. The molecule has 0 saturated heterocycles. The van der Waals surface area contributed by atoms with Crippen LogP contribution in [0.1, 0.15) is 5.56 Å². The lowest BCUT2D eigenvalue weighted by Gasteiger charge is -2.12. The number of benzene rings is 3. The van der Waals surface area contributed by atoms with Gasteiger partial charge in [-0.1, -0.05) is 64.6 Å². The third kappa shape index (κ3) is 5.84. The molecule has 4 rings (SSSR count). The standard InChI is InChI=1S/C23H13Cl4N3OS2/c24-13-7-5-12(15(25)9-13)6-8-21(31)30-23(32)29-19-10-14(16(26)11-17(19)27)22-28-18-3-1-2-4-20(18)33-22/h1-11H,(H2,29,30,31,32). The molecular weight excluding hydrogens is 540 g/mol. The molecule has 2 N–H and O–H groups in total. The molecule has 0 aliphatic carbocycles. The maximum Gasteiger partial charge on any atom is 0.250 e. The summed E-state index contributed by atoms with van der Waals surface area (Å²) in [6.45, 7) is 0. The summed E-state index contributed by atoms with van der Waals surface area (Å²) in [5.41, 5.74) is 2.73. The Morgan fingerprint density at radius 2 is 1.76 bits per heavy atom. The second-order valence-electron chi connectivity index (χ2n) is 6.74. The predicted octanol–water partition coefficient (Wildman–Crippen LogP) is 8.10. The van der Waals surface area contributed by atoms with Gasteiger partial charge < -0.3 is 5.32 Å². The quantitative estimate of drug-likeness (QED) is 0.198. The van der Waals surface area contributed by atoms with Gasteiger partial charge in [0.1, 0.15) is 5.01 Å². The summed E-state index contributed by atoms with van der Waals surface area (Å²) in [6, 6.07) is 16.2. The highest BCUT2D eigenvalue weighted by Gasteiger charge is 2.14. The first-order valence-corrected chi connectivity index (χ1v) is 12.1. The van der Waals surface area contributed by atoms with Gasteiger partial charge in [-0.3, -0.25) is 10.1 Å². The molecule has 0 aliphatic heterocycles. The summed E-state index contributed by atoms with van der Waals surface area (Å²) in [5, 5.41) is 8.09. The molecule has 0 atom stereocenters. The smallest absolute Gasteiger partial charge is 0.250 e. The van der Waals surface area contributed by atoms with Gasteiger partial charge in [0.15, 0.2) is 5.11 Å². The number of fused-ring (bicyclic) bond motifs is 1. The van der Waals surface area contributed by atoms with Gasteiger partial charge in [-0.25, -0.2) is 4.98 Å². The zero-order valence-electron chi connectivity index (χ0n) is 16.5. The Bertz CT molecular complexity index is 1390. The molecule has 0 aliphatic rings. The Hall–Kier alpha value is -2.19. The van der Waals surface area contributed by atoms with Gasteiger partial charge in [-0.05, 0) is 60.3 Å². The van der Waals surface area contributed by atoms with Crippen LogP contribution < -0.4 is 10.6 Å². The number of amides is 1. The van der Waals surface area contributed by atoms with E-state index in [4.69, 9.17) is 58.6 Å². The first-order valence-electron chi connectivity index (χ1n) is 9.40. The van der Waals surface area contributed by atoms with Crippen molar-refractivity contribution in [3.05, 3.63) is 86.3 Å². The second kappa shape index (κ2) is 10.4. The molecule has 1 heterocycles. The van der Waals surface area contributed by atoms with Crippen LogP contribution in [0, 0.1) is 0 Å². The van der Waals surface area contributed by atoms with Crippen molar-refractivity contribution in [1.29, 1.82) is 0 Å². The first-order chi connectivity index (χ1) is 15.8. The van der Waals surface area contributed by atoms with E-state index in [1.54, 1.807) is 36.4 Å². The number of thiocarbonyl (C=S) groups is 1. The number of carbonyl (C=O) groups is 1. The summed E-state index contributed by atoms with van der Waals surface area (Å²) in [6.07, 6.45) is 2.89. The lowest BCUT2D eigenvalue weighted by atomic mass is 10.2. The Morgan fingerprint density at radius 1 is 0.970 bits per heavy atom. The third-order valence-electron chi connectivity index (χ3n) is 4.44. The van der Waals surface area contributed by atoms with Crippen LogP contribution >= 0.6 is 70.0 Å². The molecule has 0 spiro atoms. The average Bonchev–Trinajstić information content (AvgIpc) is 3.19. The molecule has 0 unspecified atom stereocenters. The SMILES string of the molecule is O=C(C=Cc1ccc(Cl)cc1Cl)NC(=S)Nc1cc(-c2nc3ccccc3s2)c(Cl)cc1Cl. The van der Waals surface area contributed by atoms with Crippen LogP contribution in [0.5, 0.6) is 0 Å². The highest BCUT2D eigenvalue weighted by Crippen LogP contribution is 2.38. The number of para-hydroxylation sites is 1. The molecule has 10 heteroatoms. The normalized spacial score (nSPS) is 11.2. The number of hydrogen-bond acceptors (Lipinski definition) is 4. The van der Waals surface area contributed by atoms with E-state index in [0.29, 0.717) is 36.9 Å². The maximum atomic E-state index is 12.3. The summed E-state index contributed by atoms with van der Waals surface area (Å²) in [4.78, 5) is 16.9. The molecule has 1 amide bonds. The lowest BCUT2D eigenvalue weighted by Crippen LogP contribution is -2.32. The highest BCUT2D eigenvalue weighted by atomic mass is 35.5. The third-order valence-corrected chi connectivity index (χ3v) is 6.90.